The minimum atomic E-state index is -0.387. The van der Waals surface area contributed by atoms with Crippen molar-refractivity contribution >= 4 is 5.97 Å². The molecule has 2 saturated carbocycles. The molecule has 0 aliphatic heterocycles. The first kappa shape index (κ1) is 12.9. The van der Waals surface area contributed by atoms with E-state index in [-0.39, 0.29) is 11.5 Å². The summed E-state index contributed by atoms with van der Waals surface area (Å²) in [6.07, 6.45) is 9.28. The van der Waals surface area contributed by atoms with Crippen LogP contribution in [0.25, 0.3) is 0 Å². The van der Waals surface area contributed by atoms with E-state index >= 15 is 0 Å². The van der Waals surface area contributed by atoms with Crippen LogP contribution in [-0.2, 0) is 9.53 Å². The molecule has 2 atom stereocenters. The van der Waals surface area contributed by atoms with Gasteiger partial charge >= 0.3 is 5.97 Å². The zero-order valence-corrected chi connectivity index (χ0v) is 11.1. The summed E-state index contributed by atoms with van der Waals surface area (Å²) < 4.78 is 5.05. The molecular formula is C14H25NO2. The molecule has 2 aliphatic rings. The number of ether oxygens (including phenoxy) is 1. The predicted molar refractivity (Wildman–Crippen MR) is 67.8 cm³/mol. The SMILES string of the molecule is COC(=O)C1(NC2CCCC2)CCCC(C)C1. The van der Waals surface area contributed by atoms with E-state index in [1.165, 1.54) is 39.2 Å². The zero-order valence-electron chi connectivity index (χ0n) is 11.1. The van der Waals surface area contributed by atoms with Crippen LogP contribution >= 0.6 is 0 Å². The number of esters is 1. The number of carbonyl (C=O) groups is 1. The Hall–Kier alpha value is -0.570. The lowest BCUT2D eigenvalue weighted by Gasteiger charge is -2.40. The maximum Gasteiger partial charge on any atom is 0.326 e. The van der Waals surface area contributed by atoms with Gasteiger partial charge in [-0.3, -0.25) is 10.1 Å². The topological polar surface area (TPSA) is 38.3 Å². The fourth-order valence-corrected chi connectivity index (χ4v) is 3.58. The molecule has 2 rings (SSSR count). The summed E-state index contributed by atoms with van der Waals surface area (Å²) in [5.41, 5.74) is -0.387. The van der Waals surface area contributed by atoms with E-state index in [0.717, 1.165) is 19.3 Å². The molecule has 0 aromatic carbocycles. The fraction of sp³-hybridized carbons (Fsp3) is 0.929. The summed E-state index contributed by atoms with van der Waals surface area (Å²) in [5, 5.41) is 3.64. The lowest BCUT2D eigenvalue weighted by atomic mass is 9.76. The molecule has 0 aromatic heterocycles. The van der Waals surface area contributed by atoms with E-state index in [1.54, 1.807) is 0 Å². The van der Waals surface area contributed by atoms with Gasteiger partial charge in [-0.25, -0.2) is 0 Å². The van der Waals surface area contributed by atoms with E-state index in [9.17, 15) is 4.79 Å². The second-order valence-corrected chi connectivity index (χ2v) is 5.90. The summed E-state index contributed by atoms with van der Waals surface area (Å²) in [6, 6.07) is 0.527. The quantitative estimate of drug-likeness (QED) is 0.769. The Labute approximate surface area is 104 Å². The standard InChI is InChI=1S/C14H25NO2/c1-11-6-5-9-14(10-11,13(16)17-2)15-12-7-3-4-8-12/h11-12,15H,3-10H2,1-2H3. The van der Waals surface area contributed by atoms with Crippen LogP contribution in [0.3, 0.4) is 0 Å². The number of hydrogen-bond acceptors (Lipinski definition) is 3. The Morgan fingerprint density at radius 1 is 1.24 bits per heavy atom. The lowest BCUT2D eigenvalue weighted by Crippen LogP contribution is -2.58. The Morgan fingerprint density at radius 2 is 1.94 bits per heavy atom. The molecule has 0 radical (unpaired) electrons. The van der Waals surface area contributed by atoms with Crippen LogP contribution < -0.4 is 5.32 Å². The molecule has 98 valence electrons. The number of carbonyl (C=O) groups excluding carboxylic acids is 1. The second-order valence-electron chi connectivity index (χ2n) is 5.90. The first-order chi connectivity index (χ1) is 8.16. The highest BCUT2D eigenvalue weighted by molar-refractivity contribution is 5.81. The summed E-state index contributed by atoms with van der Waals surface area (Å²) >= 11 is 0. The van der Waals surface area contributed by atoms with E-state index < -0.39 is 0 Å². The molecule has 3 nitrogen and oxygen atoms in total. The van der Waals surface area contributed by atoms with Gasteiger partial charge in [0, 0.05) is 6.04 Å². The Balaban J connectivity index is 2.07. The Kier molecular flexibility index (Phi) is 4.08. The molecule has 0 heterocycles. The molecule has 2 fully saturated rings. The lowest BCUT2D eigenvalue weighted by molar-refractivity contribution is -0.151. The first-order valence-electron chi connectivity index (χ1n) is 7.02. The summed E-state index contributed by atoms with van der Waals surface area (Å²) in [4.78, 5) is 12.1. The second kappa shape index (κ2) is 5.38. The smallest absolute Gasteiger partial charge is 0.326 e. The molecule has 0 spiro atoms. The number of hydrogen-bond donors (Lipinski definition) is 1. The minimum absolute atomic E-state index is 0.0454. The van der Waals surface area contributed by atoms with Crippen molar-refractivity contribution in [2.75, 3.05) is 7.11 Å². The van der Waals surface area contributed by atoms with Crippen LogP contribution in [0, 0.1) is 5.92 Å². The number of nitrogens with one attached hydrogen (secondary N) is 1. The van der Waals surface area contributed by atoms with Gasteiger partial charge in [0.1, 0.15) is 5.54 Å². The zero-order chi connectivity index (χ0) is 12.3. The molecule has 0 aromatic rings. The predicted octanol–water partition coefficient (Wildman–Crippen LogP) is 2.64. The maximum absolute atomic E-state index is 12.1. The van der Waals surface area contributed by atoms with Crippen molar-refractivity contribution in [1.82, 2.24) is 5.32 Å². The molecule has 3 heteroatoms. The third-order valence-corrected chi connectivity index (χ3v) is 4.41. The van der Waals surface area contributed by atoms with Crippen LogP contribution in [0.2, 0.25) is 0 Å². The molecule has 1 N–H and O–H groups in total. The average molecular weight is 239 g/mol. The van der Waals surface area contributed by atoms with Crippen LogP contribution in [0.15, 0.2) is 0 Å². The highest BCUT2D eigenvalue weighted by Gasteiger charge is 2.44. The summed E-state index contributed by atoms with van der Waals surface area (Å²) in [7, 11) is 1.51. The number of methoxy groups -OCH3 is 1. The Morgan fingerprint density at radius 3 is 2.53 bits per heavy atom. The van der Waals surface area contributed by atoms with Crippen LogP contribution in [0.5, 0.6) is 0 Å². The first-order valence-corrected chi connectivity index (χ1v) is 7.02. The van der Waals surface area contributed by atoms with Crippen molar-refractivity contribution in [3.05, 3.63) is 0 Å². The minimum Gasteiger partial charge on any atom is -0.468 e. The van der Waals surface area contributed by atoms with E-state index in [1.807, 2.05) is 0 Å². The molecular weight excluding hydrogens is 214 g/mol. The van der Waals surface area contributed by atoms with E-state index in [4.69, 9.17) is 4.74 Å². The molecule has 0 amide bonds. The van der Waals surface area contributed by atoms with Gasteiger partial charge in [0.15, 0.2) is 0 Å². The van der Waals surface area contributed by atoms with Crippen LogP contribution in [0.1, 0.15) is 58.3 Å². The molecule has 2 unspecified atom stereocenters. The highest BCUT2D eigenvalue weighted by atomic mass is 16.5. The van der Waals surface area contributed by atoms with Gasteiger partial charge < -0.3 is 4.74 Å². The summed E-state index contributed by atoms with van der Waals surface area (Å²) in [5.74, 6) is 0.577. The maximum atomic E-state index is 12.1. The normalized spacial score (nSPS) is 34.8. The van der Waals surface area contributed by atoms with E-state index in [2.05, 4.69) is 12.2 Å². The van der Waals surface area contributed by atoms with Gasteiger partial charge in [-0.1, -0.05) is 32.6 Å². The van der Waals surface area contributed by atoms with Crippen molar-refractivity contribution in [3.8, 4) is 0 Å². The average Bonchev–Trinajstić information content (AvgIpc) is 2.80. The van der Waals surface area contributed by atoms with Crippen molar-refractivity contribution < 1.29 is 9.53 Å². The van der Waals surface area contributed by atoms with Gasteiger partial charge in [0.25, 0.3) is 0 Å². The van der Waals surface area contributed by atoms with Gasteiger partial charge in [0.2, 0.25) is 0 Å². The highest BCUT2D eigenvalue weighted by Crippen LogP contribution is 2.35. The fourth-order valence-electron chi connectivity index (χ4n) is 3.58. The van der Waals surface area contributed by atoms with Crippen molar-refractivity contribution in [3.63, 3.8) is 0 Å². The molecule has 0 bridgehead atoms. The monoisotopic (exact) mass is 239 g/mol. The van der Waals surface area contributed by atoms with E-state index in [0.29, 0.717) is 12.0 Å². The van der Waals surface area contributed by atoms with Gasteiger partial charge in [-0.2, -0.15) is 0 Å². The number of rotatable bonds is 3. The third-order valence-electron chi connectivity index (χ3n) is 4.41. The molecule has 0 saturated heterocycles. The van der Waals surface area contributed by atoms with Crippen molar-refractivity contribution in [1.29, 1.82) is 0 Å². The van der Waals surface area contributed by atoms with Gasteiger partial charge in [0.05, 0.1) is 7.11 Å². The van der Waals surface area contributed by atoms with Crippen molar-refractivity contribution in [2.45, 2.75) is 69.9 Å². The van der Waals surface area contributed by atoms with Crippen LogP contribution in [-0.4, -0.2) is 24.7 Å². The van der Waals surface area contributed by atoms with Crippen molar-refractivity contribution in [2.24, 2.45) is 5.92 Å². The van der Waals surface area contributed by atoms with Crippen LogP contribution in [0.4, 0.5) is 0 Å². The summed E-state index contributed by atoms with van der Waals surface area (Å²) in [6.45, 7) is 2.24. The third kappa shape index (κ3) is 2.82. The largest absolute Gasteiger partial charge is 0.468 e. The Bertz CT molecular complexity index is 273. The van der Waals surface area contributed by atoms with Gasteiger partial charge in [-0.05, 0) is 31.6 Å². The molecule has 2 aliphatic carbocycles. The molecule has 17 heavy (non-hydrogen) atoms. The van der Waals surface area contributed by atoms with Gasteiger partial charge in [-0.15, -0.1) is 0 Å².